The third kappa shape index (κ3) is 2.00. The highest BCUT2D eigenvalue weighted by atomic mass is 32.1. The fraction of sp³-hybridized carbons (Fsp3) is 0.125. The Labute approximate surface area is 133 Å². The Morgan fingerprint density at radius 3 is 2.36 bits per heavy atom. The normalized spacial score (nSPS) is 22.8. The summed E-state index contributed by atoms with van der Waals surface area (Å²) >= 11 is 4.86. The predicted octanol–water partition coefficient (Wildman–Crippen LogP) is 2.18. The van der Waals surface area contributed by atoms with Crippen molar-refractivity contribution in [1.29, 1.82) is 0 Å². The number of hydrogen-bond acceptors (Lipinski definition) is 4. The van der Waals surface area contributed by atoms with Crippen molar-refractivity contribution in [2.24, 2.45) is 10.8 Å². The average Bonchev–Trinajstić information content (AvgIpc) is 2.84. The summed E-state index contributed by atoms with van der Waals surface area (Å²) in [6, 6.07) is 16.6. The van der Waals surface area contributed by atoms with E-state index in [4.69, 9.17) is 18.0 Å². The molecule has 0 amide bonds. The first-order valence-corrected chi connectivity index (χ1v) is 7.49. The van der Waals surface area contributed by atoms with Gasteiger partial charge in [0.25, 0.3) is 0 Å². The SMILES string of the molecule is NC(=S)N/N=C1\c2ccccc2[C@@H]2Nc3ccccc3N[C@H]12. The quantitative estimate of drug-likeness (QED) is 0.480. The number of nitrogens with one attached hydrogen (secondary N) is 3. The van der Waals surface area contributed by atoms with E-state index in [1.54, 1.807) is 0 Å². The van der Waals surface area contributed by atoms with Crippen LogP contribution in [0.5, 0.6) is 0 Å². The number of benzene rings is 2. The van der Waals surface area contributed by atoms with Crippen molar-refractivity contribution in [2.45, 2.75) is 12.1 Å². The molecule has 2 aliphatic rings. The zero-order chi connectivity index (χ0) is 15.1. The molecule has 0 fully saturated rings. The van der Waals surface area contributed by atoms with Crippen LogP contribution < -0.4 is 21.8 Å². The van der Waals surface area contributed by atoms with Crippen LogP contribution in [0.2, 0.25) is 0 Å². The van der Waals surface area contributed by atoms with Crippen LogP contribution in [-0.2, 0) is 0 Å². The fourth-order valence-corrected chi connectivity index (χ4v) is 3.18. The van der Waals surface area contributed by atoms with Gasteiger partial charge in [0.05, 0.1) is 29.2 Å². The number of hydrogen-bond donors (Lipinski definition) is 4. The Bertz CT molecular complexity index is 786. The molecule has 6 heteroatoms. The van der Waals surface area contributed by atoms with Crippen molar-refractivity contribution >= 4 is 34.4 Å². The number of thiocarbonyl (C=S) groups is 1. The first-order chi connectivity index (χ1) is 10.7. The van der Waals surface area contributed by atoms with Crippen molar-refractivity contribution < 1.29 is 0 Å². The summed E-state index contributed by atoms with van der Waals surface area (Å²) in [5.74, 6) is 0. The van der Waals surface area contributed by atoms with E-state index in [9.17, 15) is 0 Å². The molecular weight excluding hydrogens is 294 g/mol. The molecule has 0 spiro atoms. The monoisotopic (exact) mass is 309 g/mol. The summed E-state index contributed by atoms with van der Waals surface area (Å²) in [5.41, 5.74) is 13.6. The fourth-order valence-electron chi connectivity index (χ4n) is 3.13. The second kappa shape index (κ2) is 4.99. The van der Waals surface area contributed by atoms with Gasteiger partial charge in [-0.15, -0.1) is 0 Å². The van der Waals surface area contributed by atoms with Gasteiger partial charge in [0.1, 0.15) is 0 Å². The lowest BCUT2D eigenvalue weighted by atomic mass is 10.0. The van der Waals surface area contributed by atoms with E-state index in [-0.39, 0.29) is 17.2 Å². The van der Waals surface area contributed by atoms with Gasteiger partial charge in [-0.3, -0.25) is 5.43 Å². The first-order valence-electron chi connectivity index (χ1n) is 7.08. The van der Waals surface area contributed by atoms with Crippen LogP contribution in [0.25, 0.3) is 0 Å². The summed E-state index contributed by atoms with van der Waals surface area (Å²) in [5, 5.41) is 11.7. The molecule has 22 heavy (non-hydrogen) atoms. The van der Waals surface area contributed by atoms with E-state index in [0.717, 1.165) is 22.6 Å². The lowest BCUT2D eigenvalue weighted by Gasteiger charge is -2.32. The smallest absolute Gasteiger partial charge is 0.184 e. The van der Waals surface area contributed by atoms with Crippen molar-refractivity contribution in [2.75, 3.05) is 10.6 Å². The highest BCUT2D eigenvalue weighted by Gasteiger charge is 2.40. The maximum absolute atomic E-state index is 5.51. The highest BCUT2D eigenvalue weighted by Crippen LogP contribution is 2.41. The molecule has 0 bridgehead atoms. The Morgan fingerprint density at radius 1 is 1.00 bits per heavy atom. The standard InChI is InChI=1S/C16H15N5S/c17-16(22)21-20-14-10-6-2-1-5-9(10)13-15(14)19-12-8-4-3-7-11(12)18-13/h1-8,13,15,18-19H,(H3,17,21,22)/b20-14+/t13-,15-/m0/s1. The van der Waals surface area contributed by atoms with Crippen molar-refractivity contribution in [3.63, 3.8) is 0 Å². The maximum Gasteiger partial charge on any atom is 0.184 e. The molecule has 2 aromatic carbocycles. The second-order valence-corrected chi connectivity index (χ2v) is 5.79. The Hall–Kier alpha value is -2.60. The highest BCUT2D eigenvalue weighted by molar-refractivity contribution is 7.80. The molecule has 5 N–H and O–H groups in total. The van der Waals surface area contributed by atoms with Gasteiger partial charge in [-0.05, 0) is 29.9 Å². The van der Waals surface area contributed by atoms with Gasteiger partial charge in [0.2, 0.25) is 0 Å². The number of fused-ring (bicyclic) bond motifs is 4. The minimum Gasteiger partial charge on any atom is -0.375 e. The van der Waals surface area contributed by atoms with Gasteiger partial charge in [-0.1, -0.05) is 36.4 Å². The van der Waals surface area contributed by atoms with Crippen LogP contribution in [0, 0.1) is 0 Å². The number of anilines is 2. The van der Waals surface area contributed by atoms with E-state index in [1.807, 2.05) is 24.3 Å². The molecule has 110 valence electrons. The first kappa shape index (κ1) is 13.1. The molecule has 0 saturated heterocycles. The zero-order valence-electron chi connectivity index (χ0n) is 11.7. The Kier molecular flexibility index (Phi) is 2.97. The average molecular weight is 309 g/mol. The Morgan fingerprint density at radius 2 is 1.64 bits per heavy atom. The minimum absolute atomic E-state index is 0.0362. The summed E-state index contributed by atoms with van der Waals surface area (Å²) in [4.78, 5) is 0. The number of rotatable bonds is 1. The molecule has 2 atom stereocenters. The van der Waals surface area contributed by atoms with Crippen LogP contribution in [0.1, 0.15) is 17.2 Å². The summed E-state index contributed by atoms with van der Waals surface area (Å²) in [6.07, 6.45) is 0. The third-order valence-corrected chi connectivity index (χ3v) is 4.13. The van der Waals surface area contributed by atoms with E-state index in [0.29, 0.717) is 0 Å². The number of nitrogens with zero attached hydrogens (tertiary/aromatic N) is 1. The van der Waals surface area contributed by atoms with Gasteiger partial charge < -0.3 is 16.4 Å². The maximum atomic E-state index is 5.51. The van der Waals surface area contributed by atoms with Gasteiger partial charge in [0, 0.05) is 5.56 Å². The van der Waals surface area contributed by atoms with Gasteiger partial charge in [-0.25, -0.2) is 0 Å². The van der Waals surface area contributed by atoms with Gasteiger partial charge in [0.15, 0.2) is 5.11 Å². The number of nitrogens with two attached hydrogens (primary N) is 1. The van der Waals surface area contributed by atoms with Crippen molar-refractivity contribution in [1.82, 2.24) is 5.43 Å². The molecule has 0 unspecified atom stereocenters. The lowest BCUT2D eigenvalue weighted by Crippen LogP contribution is -2.39. The van der Waals surface area contributed by atoms with Crippen LogP contribution in [0.3, 0.4) is 0 Å². The zero-order valence-corrected chi connectivity index (χ0v) is 12.5. The van der Waals surface area contributed by atoms with E-state index in [1.165, 1.54) is 5.56 Å². The lowest BCUT2D eigenvalue weighted by molar-refractivity contribution is 0.750. The van der Waals surface area contributed by atoms with Crippen LogP contribution >= 0.6 is 12.2 Å². The van der Waals surface area contributed by atoms with Crippen LogP contribution in [0.4, 0.5) is 11.4 Å². The summed E-state index contributed by atoms with van der Waals surface area (Å²) < 4.78 is 0. The van der Waals surface area contributed by atoms with Crippen LogP contribution in [0.15, 0.2) is 53.6 Å². The predicted molar refractivity (Wildman–Crippen MR) is 93.1 cm³/mol. The summed E-state index contributed by atoms with van der Waals surface area (Å²) in [6.45, 7) is 0. The van der Waals surface area contributed by atoms with E-state index in [2.05, 4.69) is 45.4 Å². The molecule has 1 heterocycles. The topological polar surface area (TPSA) is 74.5 Å². The molecule has 4 rings (SSSR count). The number of para-hydroxylation sites is 2. The second-order valence-electron chi connectivity index (χ2n) is 5.35. The molecule has 2 aromatic rings. The molecule has 1 aliphatic carbocycles. The number of hydrazone groups is 1. The molecule has 0 saturated carbocycles. The summed E-state index contributed by atoms with van der Waals surface area (Å²) in [7, 11) is 0. The molecular formula is C16H15N5S. The van der Waals surface area contributed by atoms with E-state index >= 15 is 0 Å². The van der Waals surface area contributed by atoms with Gasteiger partial charge in [-0.2, -0.15) is 5.10 Å². The molecule has 0 radical (unpaired) electrons. The van der Waals surface area contributed by atoms with Crippen LogP contribution in [-0.4, -0.2) is 16.9 Å². The third-order valence-electron chi connectivity index (χ3n) is 4.04. The molecule has 1 aliphatic heterocycles. The van der Waals surface area contributed by atoms with Gasteiger partial charge >= 0.3 is 0 Å². The van der Waals surface area contributed by atoms with E-state index < -0.39 is 0 Å². The molecule has 5 nitrogen and oxygen atoms in total. The Balaban J connectivity index is 1.81. The van der Waals surface area contributed by atoms with Crippen molar-refractivity contribution in [3.05, 3.63) is 59.7 Å². The minimum atomic E-state index is 0.0362. The largest absolute Gasteiger partial charge is 0.375 e. The molecule has 0 aromatic heterocycles. The van der Waals surface area contributed by atoms with Crippen molar-refractivity contribution in [3.8, 4) is 0 Å².